The highest BCUT2D eigenvalue weighted by Gasteiger charge is 2.32. The van der Waals surface area contributed by atoms with Gasteiger partial charge in [-0.1, -0.05) is 60.7 Å². The quantitative estimate of drug-likeness (QED) is 0.329. The highest BCUT2D eigenvalue weighted by atomic mass is 16.2. The molecule has 2 heterocycles. The zero-order valence-corrected chi connectivity index (χ0v) is 21.9. The van der Waals surface area contributed by atoms with E-state index in [9.17, 15) is 14.4 Å². The van der Waals surface area contributed by atoms with Gasteiger partial charge in [-0.25, -0.2) is 4.98 Å². The third-order valence-electron chi connectivity index (χ3n) is 6.70. The molecule has 1 aliphatic rings. The Kier molecular flexibility index (Phi) is 8.58. The van der Waals surface area contributed by atoms with Crippen molar-refractivity contribution >= 4 is 23.5 Å². The molecule has 2 atom stereocenters. The summed E-state index contributed by atoms with van der Waals surface area (Å²) in [7, 11) is 0. The van der Waals surface area contributed by atoms with Gasteiger partial charge in [0, 0.05) is 13.1 Å². The normalized spacial score (nSPS) is 15.1. The molecule has 5 N–H and O–H groups in total. The number of aromatic nitrogens is 2. The van der Waals surface area contributed by atoms with E-state index in [-0.39, 0.29) is 5.91 Å². The molecule has 1 aliphatic heterocycles. The van der Waals surface area contributed by atoms with Gasteiger partial charge >= 0.3 is 0 Å². The van der Waals surface area contributed by atoms with Crippen LogP contribution in [0.1, 0.15) is 56.0 Å². The second kappa shape index (κ2) is 12.0. The molecule has 1 aromatic heterocycles. The highest BCUT2D eigenvalue weighted by Crippen LogP contribution is 2.27. The van der Waals surface area contributed by atoms with Gasteiger partial charge in [0.15, 0.2) is 0 Å². The first-order valence-corrected chi connectivity index (χ1v) is 13.1. The van der Waals surface area contributed by atoms with Gasteiger partial charge in [-0.2, -0.15) is 0 Å². The molecular weight excluding hydrogens is 480 g/mol. The molecule has 1 saturated heterocycles. The topological polar surface area (TPSA) is 133 Å². The van der Waals surface area contributed by atoms with Gasteiger partial charge in [-0.05, 0) is 50.7 Å². The number of hydrogen-bond acceptors (Lipinski definition) is 5. The second-order valence-electron chi connectivity index (χ2n) is 10.3. The van der Waals surface area contributed by atoms with Crippen molar-refractivity contribution in [1.82, 2.24) is 20.2 Å². The van der Waals surface area contributed by atoms with Gasteiger partial charge in [0.05, 0.1) is 11.7 Å². The van der Waals surface area contributed by atoms with Crippen molar-refractivity contribution < 1.29 is 14.4 Å². The van der Waals surface area contributed by atoms with Crippen molar-refractivity contribution in [2.24, 2.45) is 5.73 Å². The van der Waals surface area contributed by atoms with Crippen molar-refractivity contribution in [1.29, 1.82) is 0 Å². The first-order valence-electron chi connectivity index (χ1n) is 13.1. The minimum atomic E-state index is -1.13. The third kappa shape index (κ3) is 6.86. The van der Waals surface area contributed by atoms with Crippen LogP contribution in [0.2, 0.25) is 0 Å². The van der Waals surface area contributed by atoms with E-state index >= 15 is 0 Å². The minimum Gasteiger partial charge on any atom is -0.343 e. The molecule has 2 aromatic carbocycles. The number of imidazole rings is 1. The van der Waals surface area contributed by atoms with E-state index in [0.717, 1.165) is 37.1 Å². The molecule has 0 spiro atoms. The van der Waals surface area contributed by atoms with Crippen molar-refractivity contribution in [3.8, 4) is 0 Å². The lowest BCUT2D eigenvalue weighted by atomic mass is 9.97. The number of hydrogen-bond donors (Lipinski definition) is 4. The van der Waals surface area contributed by atoms with Crippen LogP contribution in [-0.4, -0.2) is 57.3 Å². The fourth-order valence-electron chi connectivity index (χ4n) is 4.52. The Morgan fingerprint density at radius 3 is 2.29 bits per heavy atom. The molecule has 3 aromatic rings. The Labute approximate surface area is 223 Å². The number of nitrogens with zero attached hydrogens (tertiary/aromatic N) is 2. The molecule has 1 fully saturated rings. The lowest BCUT2D eigenvalue weighted by molar-refractivity contribution is -0.131. The molecule has 0 bridgehead atoms. The van der Waals surface area contributed by atoms with E-state index in [4.69, 9.17) is 5.73 Å². The van der Waals surface area contributed by atoms with Crippen LogP contribution in [0.4, 0.5) is 5.82 Å². The number of aryl methyl sites for hydroxylation is 1. The molecule has 9 heteroatoms. The number of amides is 3. The molecule has 3 amide bonds. The van der Waals surface area contributed by atoms with E-state index in [2.05, 4.69) is 20.6 Å². The van der Waals surface area contributed by atoms with Crippen LogP contribution >= 0.6 is 0 Å². The fraction of sp³-hybridized carbons (Fsp3) is 0.379. The van der Waals surface area contributed by atoms with Crippen LogP contribution in [-0.2, 0) is 20.8 Å². The Hall–Kier alpha value is -3.98. The van der Waals surface area contributed by atoms with Gasteiger partial charge in [-0.3, -0.25) is 14.4 Å². The highest BCUT2D eigenvalue weighted by molar-refractivity contribution is 5.98. The van der Waals surface area contributed by atoms with Crippen molar-refractivity contribution in [2.75, 3.05) is 18.4 Å². The van der Waals surface area contributed by atoms with Crippen molar-refractivity contribution in [3.05, 3.63) is 83.8 Å². The number of nitrogens with two attached hydrogens (primary N) is 1. The number of carbonyl (C=O) groups excluding carboxylic acids is 3. The molecule has 9 nitrogen and oxygen atoms in total. The molecule has 4 rings (SSSR count). The van der Waals surface area contributed by atoms with Crippen LogP contribution < -0.4 is 16.4 Å². The first-order chi connectivity index (χ1) is 18.2. The van der Waals surface area contributed by atoms with E-state index in [0.29, 0.717) is 24.5 Å². The van der Waals surface area contributed by atoms with E-state index < -0.39 is 29.3 Å². The van der Waals surface area contributed by atoms with Crippen LogP contribution in [0.15, 0.2) is 66.9 Å². The Bertz CT molecular complexity index is 1230. The number of likely N-dealkylation sites (tertiary alicyclic amines) is 1. The minimum absolute atomic E-state index is 0.0147. The maximum absolute atomic E-state index is 13.4. The number of anilines is 1. The largest absolute Gasteiger partial charge is 0.343 e. The Morgan fingerprint density at radius 2 is 1.66 bits per heavy atom. The predicted molar refractivity (Wildman–Crippen MR) is 146 cm³/mol. The van der Waals surface area contributed by atoms with E-state index in [1.54, 1.807) is 13.8 Å². The predicted octanol–water partition coefficient (Wildman–Crippen LogP) is 2.96. The molecule has 0 aliphatic carbocycles. The molecule has 0 radical (unpaired) electrons. The standard InChI is InChI=1S/C29H36N6O3/c1-29(2,30)28(38)32-22(16-15-20-11-5-3-6-12-20)26(36)34-23-19-31-25(33-23)24(21-13-7-4-8-14-21)27(37)35-17-9-10-18-35/h3-8,11-14,19,22,24H,9-10,15-18,30H2,1-2H3,(H,31,33)(H,32,38)(H,34,36)/t22-,24?/m1/s1. The lowest BCUT2D eigenvalue weighted by Gasteiger charge is -2.24. The fourth-order valence-corrected chi connectivity index (χ4v) is 4.52. The summed E-state index contributed by atoms with van der Waals surface area (Å²) in [5.41, 5.74) is 6.72. The maximum atomic E-state index is 13.4. The number of H-pyrrole nitrogens is 1. The summed E-state index contributed by atoms with van der Waals surface area (Å²) in [4.78, 5) is 48.8. The monoisotopic (exact) mass is 516 g/mol. The zero-order chi connectivity index (χ0) is 27.1. The molecular formula is C29H36N6O3. The molecule has 38 heavy (non-hydrogen) atoms. The molecule has 200 valence electrons. The summed E-state index contributed by atoms with van der Waals surface area (Å²) in [5, 5.41) is 5.62. The number of benzene rings is 2. The summed E-state index contributed by atoms with van der Waals surface area (Å²) in [6.45, 7) is 4.65. The Balaban J connectivity index is 1.52. The Morgan fingerprint density at radius 1 is 1.03 bits per heavy atom. The van der Waals surface area contributed by atoms with Gasteiger partial charge in [-0.15, -0.1) is 0 Å². The van der Waals surface area contributed by atoms with Crippen molar-refractivity contribution in [2.45, 2.75) is 57.0 Å². The summed E-state index contributed by atoms with van der Waals surface area (Å²) < 4.78 is 0. The summed E-state index contributed by atoms with van der Waals surface area (Å²) in [6, 6.07) is 18.4. The molecule has 0 saturated carbocycles. The van der Waals surface area contributed by atoms with Gasteiger partial charge in [0.1, 0.15) is 23.6 Å². The van der Waals surface area contributed by atoms with Gasteiger partial charge < -0.3 is 26.3 Å². The average Bonchev–Trinajstić information content (AvgIpc) is 3.60. The van der Waals surface area contributed by atoms with Crippen LogP contribution in [0, 0.1) is 0 Å². The number of carbonyl (C=O) groups is 3. The first kappa shape index (κ1) is 27.1. The van der Waals surface area contributed by atoms with Crippen LogP contribution in [0.3, 0.4) is 0 Å². The summed E-state index contributed by atoms with van der Waals surface area (Å²) in [6.07, 6.45) is 4.46. The number of rotatable bonds is 10. The van der Waals surface area contributed by atoms with E-state index in [1.165, 1.54) is 6.20 Å². The number of aromatic amines is 1. The zero-order valence-electron chi connectivity index (χ0n) is 21.9. The summed E-state index contributed by atoms with van der Waals surface area (Å²) in [5.74, 6) is -0.625. The van der Waals surface area contributed by atoms with Gasteiger partial charge in [0.2, 0.25) is 17.7 Å². The van der Waals surface area contributed by atoms with E-state index in [1.807, 2.05) is 65.6 Å². The maximum Gasteiger partial charge on any atom is 0.248 e. The third-order valence-corrected chi connectivity index (χ3v) is 6.70. The molecule has 1 unspecified atom stereocenters. The number of nitrogens with one attached hydrogen (secondary N) is 3. The van der Waals surface area contributed by atoms with Crippen molar-refractivity contribution in [3.63, 3.8) is 0 Å². The second-order valence-corrected chi connectivity index (χ2v) is 10.3. The SMILES string of the molecule is CC(C)(N)C(=O)N[C@H](CCc1ccccc1)C(=O)Nc1cnc(C(C(=O)N2CCCC2)c2ccccc2)[nH]1. The average molecular weight is 517 g/mol. The smallest absolute Gasteiger partial charge is 0.248 e. The summed E-state index contributed by atoms with van der Waals surface area (Å²) >= 11 is 0. The lowest BCUT2D eigenvalue weighted by Crippen LogP contribution is -2.55. The van der Waals surface area contributed by atoms with Crippen LogP contribution in [0.5, 0.6) is 0 Å². The van der Waals surface area contributed by atoms with Gasteiger partial charge in [0.25, 0.3) is 0 Å². The van der Waals surface area contributed by atoms with Crippen LogP contribution in [0.25, 0.3) is 0 Å².